The zero-order valence-corrected chi connectivity index (χ0v) is 12.9. The summed E-state index contributed by atoms with van der Waals surface area (Å²) in [6.45, 7) is 2.73. The SMILES string of the molecule is CCNc1ncc(S(=O)(=O)NCc2ccncc2)cc1Cl. The molecule has 0 bridgehead atoms. The van der Waals surface area contributed by atoms with Gasteiger partial charge in [-0.3, -0.25) is 4.98 Å². The second-order valence-electron chi connectivity index (χ2n) is 4.21. The lowest BCUT2D eigenvalue weighted by Gasteiger charge is -2.09. The minimum absolute atomic E-state index is 0.0307. The fourth-order valence-electron chi connectivity index (χ4n) is 1.63. The highest BCUT2D eigenvalue weighted by Gasteiger charge is 2.16. The average Bonchev–Trinajstić information content (AvgIpc) is 2.48. The van der Waals surface area contributed by atoms with Crippen molar-refractivity contribution in [2.75, 3.05) is 11.9 Å². The van der Waals surface area contributed by atoms with E-state index in [9.17, 15) is 8.42 Å². The highest BCUT2D eigenvalue weighted by atomic mass is 35.5. The van der Waals surface area contributed by atoms with Crippen LogP contribution < -0.4 is 10.0 Å². The minimum atomic E-state index is -3.66. The lowest BCUT2D eigenvalue weighted by Crippen LogP contribution is -2.23. The summed E-state index contributed by atoms with van der Waals surface area (Å²) in [7, 11) is -3.66. The molecule has 2 aromatic heterocycles. The molecule has 0 fully saturated rings. The summed E-state index contributed by atoms with van der Waals surface area (Å²) in [5.74, 6) is 0.465. The molecule has 21 heavy (non-hydrogen) atoms. The molecular formula is C13H15ClN4O2S. The van der Waals surface area contributed by atoms with E-state index in [1.165, 1.54) is 12.3 Å². The Labute approximate surface area is 128 Å². The molecule has 0 spiro atoms. The first kappa shape index (κ1) is 15.7. The van der Waals surface area contributed by atoms with Crippen LogP contribution in [0.1, 0.15) is 12.5 Å². The van der Waals surface area contributed by atoms with Crippen molar-refractivity contribution in [3.8, 4) is 0 Å². The molecule has 2 aromatic rings. The molecule has 0 saturated heterocycles. The molecule has 0 radical (unpaired) electrons. The summed E-state index contributed by atoms with van der Waals surface area (Å²) in [6.07, 6.45) is 4.49. The number of sulfonamides is 1. The van der Waals surface area contributed by atoms with Crippen LogP contribution in [0.2, 0.25) is 5.02 Å². The monoisotopic (exact) mass is 326 g/mol. The number of pyridine rings is 2. The Morgan fingerprint density at radius 3 is 2.62 bits per heavy atom. The van der Waals surface area contributed by atoms with E-state index >= 15 is 0 Å². The van der Waals surface area contributed by atoms with Gasteiger partial charge in [-0.05, 0) is 30.7 Å². The van der Waals surface area contributed by atoms with Gasteiger partial charge in [-0.15, -0.1) is 0 Å². The Morgan fingerprint density at radius 2 is 2.00 bits per heavy atom. The second kappa shape index (κ2) is 6.84. The molecule has 0 atom stereocenters. The van der Waals surface area contributed by atoms with E-state index in [0.29, 0.717) is 12.4 Å². The molecule has 0 aromatic carbocycles. The van der Waals surface area contributed by atoms with Crippen molar-refractivity contribution < 1.29 is 8.42 Å². The van der Waals surface area contributed by atoms with Gasteiger partial charge in [-0.25, -0.2) is 18.1 Å². The Bertz CT molecular complexity index is 707. The summed E-state index contributed by atoms with van der Waals surface area (Å²) in [5.41, 5.74) is 0.817. The second-order valence-corrected chi connectivity index (χ2v) is 6.39. The fraction of sp³-hybridized carbons (Fsp3) is 0.231. The zero-order chi connectivity index (χ0) is 15.3. The lowest BCUT2D eigenvalue weighted by atomic mass is 10.3. The Kier molecular flexibility index (Phi) is 5.11. The highest BCUT2D eigenvalue weighted by molar-refractivity contribution is 7.89. The predicted octanol–water partition coefficient (Wildman–Crippen LogP) is 2.04. The molecule has 8 heteroatoms. The van der Waals surface area contributed by atoms with Crippen molar-refractivity contribution >= 4 is 27.4 Å². The van der Waals surface area contributed by atoms with Gasteiger partial charge in [-0.1, -0.05) is 11.6 Å². The van der Waals surface area contributed by atoms with Gasteiger partial charge in [0.2, 0.25) is 10.0 Å². The summed E-state index contributed by atoms with van der Waals surface area (Å²) >= 11 is 6.01. The van der Waals surface area contributed by atoms with Crippen molar-refractivity contribution in [3.63, 3.8) is 0 Å². The van der Waals surface area contributed by atoms with Crippen LogP contribution in [-0.2, 0) is 16.6 Å². The molecule has 0 aliphatic rings. The number of aromatic nitrogens is 2. The van der Waals surface area contributed by atoms with Gasteiger partial charge in [0, 0.05) is 31.7 Å². The van der Waals surface area contributed by atoms with Crippen LogP contribution in [0.25, 0.3) is 0 Å². The third-order valence-electron chi connectivity index (χ3n) is 2.69. The highest BCUT2D eigenvalue weighted by Crippen LogP contribution is 2.22. The molecule has 2 rings (SSSR count). The van der Waals surface area contributed by atoms with E-state index < -0.39 is 10.0 Å². The number of nitrogens with zero attached hydrogens (tertiary/aromatic N) is 2. The van der Waals surface area contributed by atoms with Crippen molar-refractivity contribution in [2.24, 2.45) is 0 Å². The predicted molar refractivity (Wildman–Crippen MR) is 81.7 cm³/mol. The molecule has 0 aliphatic heterocycles. The van der Waals surface area contributed by atoms with E-state index in [1.807, 2.05) is 6.92 Å². The molecule has 2 N–H and O–H groups in total. The van der Waals surface area contributed by atoms with E-state index in [1.54, 1.807) is 24.5 Å². The van der Waals surface area contributed by atoms with Crippen LogP contribution in [-0.4, -0.2) is 24.9 Å². The van der Waals surface area contributed by atoms with E-state index in [2.05, 4.69) is 20.0 Å². The van der Waals surface area contributed by atoms with Gasteiger partial charge >= 0.3 is 0 Å². The number of anilines is 1. The van der Waals surface area contributed by atoms with Crippen molar-refractivity contribution in [1.29, 1.82) is 0 Å². The molecule has 0 aliphatic carbocycles. The van der Waals surface area contributed by atoms with Crippen LogP contribution in [0.5, 0.6) is 0 Å². The standard InChI is InChI=1S/C13H15ClN4O2S/c1-2-16-13-12(14)7-11(9-17-13)21(19,20)18-8-10-3-5-15-6-4-10/h3-7,9,18H,2,8H2,1H3,(H,16,17). The van der Waals surface area contributed by atoms with Crippen LogP contribution >= 0.6 is 11.6 Å². The van der Waals surface area contributed by atoms with Crippen molar-refractivity contribution in [2.45, 2.75) is 18.4 Å². The van der Waals surface area contributed by atoms with E-state index in [0.717, 1.165) is 5.56 Å². The Morgan fingerprint density at radius 1 is 1.29 bits per heavy atom. The number of rotatable bonds is 6. The largest absolute Gasteiger partial charge is 0.369 e. The van der Waals surface area contributed by atoms with Gasteiger partial charge in [0.05, 0.1) is 5.02 Å². The molecular weight excluding hydrogens is 312 g/mol. The van der Waals surface area contributed by atoms with Gasteiger partial charge < -0.3 is 5.32 Å². The normalized spacial score (nSPS) is 11.3. The minimum Gasteiger partial charge on any atom is -0.369 e. The topological polar surface area (TPSA) is 84.0 Å². The zero-order valence-electron chi connectivity index (χ0n) is 11.4. The summed E-state index contributed by atoms with van der Waals surface area (Å²) < 4.78 is 26.9. The molecule has 0 amide bonds. The third-order valence-corrected chi connectivity index (χ3v) is 4.34. The molecule has 0 unspecified atom stereocenters. The van der Waals surface area contributed by atoms with Gasteiger partial charge in [-0.2, -0.15) is 0 Å². The van der Waals surface area contributed by atoms with Crippen molar-refractivity contribution in [1.82, 2.24) is 14.7 Å². The van der Waals surface area contributed by atoms with Crippen LogP contribution in [0, 0.1) is 0 Å². The number of halogens is 1. The molecule has 6 nitrogen and oxygen atoms in total. The molecule has 0 saturated carbocycles. The quantitative estimate of drug-likeness (QED) is 0.848. The van der Waals surface area contributed by atoms with Crippen LogP contribution in [0.4, 0.5) is 5.82 Å². The Balaban J connectivity index is 2.14. The van der Waals surface area contributed by atoms with Crippen LogP contribution in [0.15, 0.2) is 41.7 Å². The van der Waals surface area contributed by atoms with Gasteiger partial charge in [0.25, 0.3) is 0 Å². The number of nitrogens with one attached hydrogen (secondary N) is 2. The maximum atomic E-state index is 12.2. The number of hydrogen-bond donors (Lipinski definition) is 2. The van der Waals surface area contributed by atoms with Crippen molar-refractivity contribution in [3.05, 3.63) is 47.4 Å². The number of hydrogen-bond acceptors (Lipinski definition) is 5. The average molecular weight is 327 g/mol. The third kappa shape index (κ3) is 4.13. The maximum absolute atomic E-state index is 12.2. The maximum Gasteiger partial charge on any atom is 0.242 e. The molecule has 2 heterocycles. The smallest absolute Gasteiger partial charge is 0.242 e. The first-order valence-electron chi connectivity index (χ1n) is 6.31. The van der Waals surface area contributed by atoms with Gasteiger partial charge in [0.15, 0.2) is 0 Å². The Hall–Kier alpha value is -1.70. The van der Waals surface area contributed by atoms with Gasteiger partial charge in [0.1, 0.15) is 10.7 Å². The summed E-state index contributed by atoms with van der Waals surface area (Å²) in [4.78, 5) is 7.92. The summed E-state index contributed by atoms with van der Waals surface area (Å²) in [6, 6.07) is 4.85. The van der Waals surface area contributed by atoms with E-state index in [4.69, 9.17) is 11.6 Å². The first-order valence-corrected chi connectivity index (χ1v) is 8.17. The molecule has 112 valence electrons. The first-order chi connectivity index (χ1) is 10.0. The summed E-state index contributed by atoms with van der Waals surface area (Å²) in [5, 5.41) is 3.21. The lowest BCUT2D eigenvalue weighted by molar-refractivity contribution is 0.581. The van der Waals surface area contributed by atoms with Crippen LogP contribution in [0.3, 0.4) is 0 Å². The van der Waals surface area contributed by atoms with E-state index in [-0.39, 0.29) is 16.5 Å². The fourth-order valence-corrected chi connectivity index (χ4v) is 2.91.